The van der Waals surface area contributed by atoms with Gasteiger partial charge < -0.3 is 14.4 Å². The van der Waals surface area contributed by atoms with E-state index in [9.17, 15) is 4.79 Å². The van der Waals surface area contributed by atoms with Crippen LogP contribution in [0.5, 0.6) is 5.88 Å². The highest BCUT2D eigenvalue weighted by Gasteiger charge is 2.23. The molecule has 1 aliphatic rings. The van der Waals surface area contributed by atoms with Gasteiger partial charge in [0, 0.05) is 43.3 Å². The van der Waals surface area contributed by atoms with Crippen LogP contribution in [-0.4, -0.2) is 63.7 Å². The van der Waals surface area contributed by atoms with Crippen LogP contribution in [-0.2, 0) is 4.74 Å². The highest BCUT2D eigenvalue weighted by molar-refractivity contribution is 5.93. The van der Waals surface area contributed by atoms with E-state index < -0.39 is 0 Å². The van der Waals surface area contributed by atoms with Crippen molar-refractivity contribution < 1.29 is 14.3 Å². The Balaban J connectivity index is 1.75. The minimum absolute atomic E-state index is 0.115. The molecule has 4 rings (SSSR count). The van der Waals surface area contributed by atoms with Crippen molar-refractivity contribution in [3.8, 4) is 23.1 Å². The molecule has 0 N–H and O–H groups in total. The summed E-state index contributed by atoms with van der Waals surface area (Å²) in [6, 6.07) is 9.22. The molecule has 0 aromatic carbocycles. The van der Waals surface area contributed by atoms with Crippen molar-refractivity contribution >= 4 is 5.91 Å². The first-order valence-corrected chi connectivity index (χ1v) is 8.64. The van der Waals surface area contributed by atoms with Crippen molar-refractivity contribution in [1.29, 1.82) is 0 Å². The Morgan fingerprint density at radius 2 is 2.00 bits per heavy atom. The van der Waals surface area contributed by atoms with Gasteiger partial charge in [-0.25, -0.2) is 15.0 Å². The van der Waals surface area contributed by atoms with Gasteiger partial charge in [-0.05, 0) is 18.2 Å². The molecule has 3 aromatic heterocycles. The second-order valence-electron chi connectivity index (χ2n) is 6.00. The molecule has 4 heterocycles. The van der Waals surface area contributed by atoms with Crippen LogP contribution in [0.4, 0.5) is 0 Å². The van der Waals surface area contributed by atoms with Crippen molar-refractivity contribution in [2.45, 2.75) is 0 Å². The van der Waals surface area contributed by atoms with Crippen LogP contribution in [0, 0.1) is 0 Å². The van der Waals surface area contributed by atoms with E-state index in [2.05, 4.69) is 15.0 Å². The second-order valence-corrected chi connectivity index (χ2v) is 6.00. The van der Waals surface area contributed by atoms with E-state index in [-0.39, 0.29) is 5.91 Å². The molecule has 0 atom stereocenters. The van der Waals surface area contributed by atoms with Crippen LogP contribution < -0.4 is 4.74 Å². The molecule has 0 unspecified atom stereocenters. The number of hydrogen-bond acceptors (Lipinski definition) is 6. The zero-order valence-electron chi connectivity index (χ0n) is 14.9. The van der Waals surface area contributed by atoms with Crippen LogP contribution in [0.15, 0.2) is 48.9 Å². The van der Waals surface area contributed by atoms with E-state index in [0.717, 1.165) is 5.56 Å². The smallest absolute Gasteiger partial charge is 0.274 e. The number of carbonyl (C=O) groups is 1. The molecule has 0 radical (unpaired) electrons. The van der Waals surface area contributed by atoms with Gasteiger partial charge in [0.25, 0.3) is 5.91 Å². The summed E-state index contributed by atoms with van der Waals surface area (Å²) in [4.78, 5) is 27.9. The van der Waals surface area contributed by atoms with Gasteiger partial charge in [0.1, 0.15) is 17.3 Å². The van der Waals surface area contributed by atoms with Crippen molar-refractivity contribution in [1.82, 2.24) is 24.4 Å². The molecular weight excluding hydrogens is 346 g/mol. The zero-order valence-corrected chi connectivity index (χ0v) is 14.9. The van der Waals surface area contributed by atoms with Gasteiger partial charge >= 0.3 is 0 Å². The van der Waals surface area contributed by atoms with Crippen molar-refractivity contribution in [3.63, 3.8) is 0 Å². The predicted octanol–water partition coefficient (Wildman–Crippen LogP) is 1.81. The maximum atomic E-state index is 12.9. The second kappa shape index (κ2) is 7.55. The number of pyridine rings is 2. The lowest BCUT2D eigenvalue weighted by molar-refractivity contribution is 0.0299. The monoisotopic (exact) mass is 365 g/mol. The summed E-state index contributed by atoms with van der Waals surface area (Å²) in [6.45, 7) is 2.22. The number of morpholine rings is 1. The highest BCUT2D eigenvalue weighted by atomic mass is 16.5. The fourth-order valence-corrected chi connectivity index (χ4v) is 2.92. The largest absolute Gasteiger partial charge is 0.481 e. The zero-order chi connectivity index (χ0) is 18.6. The van der Waals surface area contributed by atoms with Crippen LogP contribution in [0.25, 0.3) is 17.2 Å². The lowest BCUT2D eigenvalue weighted by Crippen LogP contribution is -2.40. The summed E-state index contributed by atoms with van der Waals surface area (Å²) < 4.78 is 12.2. The Morgan fingerprint density at radius 1 is 1.15 bits per heavy atom. The first kappa shape index (κ1) is 17.2. The maximum absolute atomic E-state index is 12.9. The summed E-state index contributed by atoms with van der Waals surface area (Å²) in [5.41, 5.74) is 1.14. The number of imidazole rings is 1. The summed E-state index contributed by atoms with van der Waals surface area (Å²) in [5, 5.41) is 0. The van der Waals surface area contributed by atoms with Crippen molar-refractivity contribution in [2.24, 2.45) is 0 Å². The molecule has 138 valence electrons. The number of methoxy groups -OCH3 is 1. The Labute approximate surface area is 156 Å². The molecule has 0 spiro atoms. The molecule has 1 amide bonds. The van der Waals surface area contributed by atoms with Gasteiger partial charge in [-0.1, -0.05) is 6.07 Å². The van der Waals surface area contributed by atoms with E-state index in [1.165, 1.54) is 0 Å². The fourth-order valence-electron chi connectivity index (χ4n) is 2.92. The van der Waals surface area contributed by atoms with Crippen LogP contribution in [0.2, 0.25) is 0 Å². The number of nitrogens with zero attached hydrogens (tertiary/aromatic N) is 5. The lowest BCUT2D eigenvalue weighted by atomic mass is 10.2. The molecule has 1 fully saturated rings. The van der Waals surface area contributed by atoms with Gasteiger partial charge in [0.05, 0.1) is 20.3 Å². The molecule has 1 saturated heterocycles. The third kappa shape index (κ3) is 3.52. The topological polar surface area (TPSA) is 82.4 Å². The number of carbonyl (C=O) groups excluding carboxylic acids is 1. The molecule has 0 aliphatic carbocycles. The maximum Gasteiger partial charge on any atom is 0.274 e. The van der Waals surface area contributed by atoms with E-state index in [4.69, 9.17) is 9.47 Å². The highest BCUT2D eigenvalue weighted by Crippen LogP contribution is 2.23. The molecule has 0 saturated carbocycles. The first-order valence-electron chi connectivity index (χ1n) is 8.64. The Kier molecular flexibility index (Phi) is 4.80. The van der Waals surface area contributed by atoms with E-state index in [0.29, 0.717) is 49.5 Å². The molecular formula is C19H19N5O3. The number of amides is 1. The van der Waals surface area contributed by atoms with Crippen LogP contribution in [0.3, 0.4) is 0 Å². The van der Waals surface area contributed by atoms with Gasteiger partial charge in [-0.3, -0.25) is 9.36 Å². The van der Waals surface area contributed by atoms with E-state index in [1.54, 1.807) is 41.2 Å². The predicted molar refractivity (Wildman–Crippen MR) is 97.9 cm³/mol. The van der Waals surface area contributed by atoms with Gasteiger partial charge in [-0.2, -0.15) is 0 Å². The average molecular weight is 365 g/mol. The standard InChI is InChI=1S/C19H19N5O3/c1-26-17-6-5-14(12-21-17)18-22-15(19(25)23-8-10-27-11-9-23)13-24(18)16-4-2-3-7-20-16/h2-7,12-13H,8-11H2,1H3. The SMILES string of the molecule is COc1ccc(-c2nc(C(=O)N3CCOCC3)cn2-c2ccccn2)cn1. The normalized spacial score (nSPS) is 14.2. The molecule has 8 heteroatoms. The number of hydrogen-bond donors (Lipinski definition) is 0. The van der Waals surface area contributed by atoms with Gasteiger partial charge in [0.2, 0.25) is 5.88 Å². The number of rotatable bonds is 4. The van der Waals surface area contributed by atoms with E-state index >= 15 is 0 Å². The van der Waals surface area contributed by atoms with Gasteiger partial charge in [0.15, 0.2) is 0 Å². The Hall–Kier alpha value is -3.26. The summed E-state index contributed by atoms with van der Waals surface area (Å²) in [5.74, 6) is 1.67. The van der Waals surface area contributed by atoms with Gasteiger partial charge in [-0.15, -0.1) is 0 Å². The van der Waals surface area contributed by atoms with Crippen molar-refractivity contribution in [2.75, 3.05) is 33.4 Å². The first-order chi connectivity index (χ1) is 13.3. The fraction of sp³-hybridized carbons (Fsp3) is 0.263. The Morgan fingerprint density at radius 3 is 2.67 bits per heavy atom. The molecule has 3 aromatic rings. The molecule has 0 bridgehead atoms. The minimum Gasteiger partial charge on any atom is -0.481 e. The van der Waals surface area contributed by atoms with E-state index in [1.807, 2.05) is 24.3 Å². The quantitative estimate of drug-likeness (QED) is 0.701. The lowest BCUT2D eigenvalue weighted by Gasteiger charge is -2.25. The summed E-state index contributed by atoms with van der Waals surface area (Å²) >= 11 is 0. The summed E-state index contributed by atoms with van der Waals surface area (Å²) in [6.07, 6.45) is 5.10. The molecule has 1 aliphatic heterocycles. The summed E-state index contributed by atoms with van der Waals surface area (Å²) in [7, 11) is 1.57. The van der Waals surface area contributed by atoms with Crippen molar-refractivity contribution in [3.05, 3.63) is 54.6 Å². The number of ether oxygens (including phenoxy) is 2. The molecule has 8 nitrogen and oxygen atoms in total. The van der Waals surface area contributed by atoms with Crippen LogP contribution >= 0.6 is 0 Å². The third-order valence-electron chi connectivity index (χ3n) is 4.32. The number of aromatic nitrogens is 4. The minimum atomic E-state index is -0.115. The Bertz CT molecular complexity index is 918. The molecule has 27 heavy (non-hydrogen) atoms. The third-order valence-corrected chi connectivity index (χ3v) is 4.32. The average Bonchev–Trinajstić information content (AvgIpc) is 3.20. The van der Waals surface area contributed by atoms with Crippen LogP contribution in [0.1, 0.15) is 10.5 Å².